The van der Waals surface area contributed by atoms with Gasteiger partial charge in [-0.25, -0.2) is 4.79 Å². The van der Waals surface area contributed by atoms with Gasteiger partial charge in [-0.2, -0.15) is 0 Å². The smallest absolute Gasteiger partial charge is 0.408 e. The summed E-state index contributed by atoms with van der Waals surface area (Å²) in [6, 6.07) is 27.6. The van der Waals surface area contributed by atoms with Gasteiger partial charge in [0.2, 0.25) is 5.91 Å². The molecule has 8 nitrogen and oxygen atoms in total. The zero-order valence-electron chi connectivity index (χ0n) is 19.3. The number of alkyl carbamates (subject to hydrolysis) is 1. The molecule has 0 unspecified atom stereocenters. The third-order valence-electron chi connectivity index (χ3n) is 5.24. The van der Waals surface area contributed by atoms with E-state index in [2.05, 4.69) is 16.0 Å². The van der Waals surface area contributed by atoms with E-state index in [-0.39, 0.29) is 18.8 Å². The van der Waals surface area contributed by atoms with Crippen LogP contribution in [0, 0.1) is 0 Å². The molecule has 4 aromatic rings. The van der Waals surface area contributed by atoms with Gasteiger partial charge in [0.05, 0.1) is 6.26 Å². The van der Waals surface area contributed by atoms with Crippen molar-refractivity contribution in [2.45, 2.75) is 19.1 Å². The number of furan rings is 1. The maximum absolute atomic E-state index is 13.2. The van der Waals surface area contributed by atoms with Crippen LogP contribution >= 0.6 is 0 Å². The van der Waals surface area contributed by atoms with Gasteiger partial charge >= 0.3 is 6.09 Å². The van der Waals surface area contributed by atoms with Gasteiger partial charge in [-0.05, 0) is 41.5 Å². The van der Waals surface area contributed by atoms with Gasteiger partial charge < -0.3 is 25.1 Å². The van der Waals surface area contributed by atoms with Crippen molar-refractivity contribution >= 4 is 29.3 Å². The first kappa shape index (κ1) is 24.3. The molecule has 3 aromatic carbocycles. The molecule has 182 valence electrons. The lowest BCUT2D eigenvalue weighted by atomic mass is 10.1. The topological polar surface area (TPSA) is 110 Å². The SMILES string of the molecule is O=C(N[C@@H](Cc1ccccc1)C(=O)Nc1cccc(NC(=O)c2ccco2)c1)OCc1ccccc1. The Morgan fingerprint density at radius 3 is 2.08 bits per heavy atom. The van der Waals surface area contributed by atoms with Crippen molar-refractivity contribution < 1.29 is 23.5 Å². The number of carbonyl (C=O) groups is 3. The van der Waals surface area contributed by atoms with Crippen LogP contribution in [0.25, 0.3) is 0 Å². The Morgan fingerprint density at radius 1 is 0.750 bits per heavy atom. The first-order chi connectivity index (χ1) is 17.6. The standard InChI is InChI=1S/C28H25N3O5/c32-26(29-22-13-7-14-23(18-22)30-27(33)25-15-8-16-35-25)24(17-20-9-3-1-4-10-20)31-28(34)36-19-21-11-5-2-6-12-21/h1-16,18,24H,17,19H2,(H,29,32)(H,30,33)(H,31,34)/t24-/m0/s1. The molecule has 4 rings (SSSR count). The van der Waals surface area contributed by atoms with Crippen LogP contribution in [-0.2, 0) is 22.6 Å². The van der Waals surface area contributed by atoms with E-state index in [1.165, 1.54) is 6.26 Å². The normalized spacial score (nSPS) is 11.2. The Labute approximate surface area is 208 Å². The molecule has 0 aliphatic carbocycles. The Bertz CT molecular complexity index is 1290. The molecule has 36 heavy (non-hydrogen) atoms. The van der Waals surface area contributed by atoms with Crippen LogP contribution < -0.4 is 16.0 Å². The molecule has 0 saturated heterocycles. The van der Waals surface area contributed by atoms with Crippen molar-refractivity contribution in [3.05, 3.63) is 120 Å². The molecule has 8 heteroatoms. The van der Waals surface area contributed by atoms with Crippen LogP contribution in [0.2, 0.25) is 0 Å². The Balaban J connectivity index is 1.42. The van der Waals surface area contributed by atoms with Crippen molar-refractivity contribution in [2.24, 2.45) is 0 Å². The summed E-state index contributed by atoms with van der Waals surface area (Å²) in [6.45, 7) is 0.0871. The Morgan fingerprint density at radius 2 is 1.42 bits per heavy atom. The second-order valence-electron chi connectivity index (χ2n) is 7.95. The predicted molar refractivity (Wildman–Crippen MR) is 135 cm³/mol. The molecule has 3 amide bonds. The van der Waals surface area contributed by atoms with Crippen molar-refractivity contribution in [3.63, 3.8) is 0 Å². The number of amides is 3. The lowest BCUT2D eigenvalue weighted by Gasteiger charge is -2.19. The Hall–Kier alpha value is -4.85. The molecule has 0 aliphatic rings. The molecule has 0 radical (unpaired) electrons. The van der Waals surface area contributed by atoms with Gasteiger partial charge in [-0.3, -0.25) is 9.59 Å². The largest absolute Gasteiger partial charge is 0.459 e. The van der Waals surface area contributed by atoms with Crippen LogP contribution in [0.3, 0.4) is 0 Å². The van der Waals surface area contributed by atoms with E-state index in [1.54, 1.807) is 36.4 Å². The van der Waals surface area contributed by atoms with Crippen LogP contribution in [0.4, 0.5) is 16.2 Å². The van der Waals surface area contributed by atoms with Crippen molar-refractivity contribution in [3.8, 4) is 0 Å². The lowest BCUT2D eigenvalue weighted by Crippen LogP contribution is -2.45. The highest BCUT2D eigenvalue weighted by Crippen LogP contribution is 2.17. The average Bonchev–Trinajstić information content (AvgIpc) is 3.44. The van der Waals surface area contributed by atoms with E-state index in [4.69, 9.17) is 9.15 Å². The van der Waals surface area contributed by atoms with E-state index in [9.17, 15) is 14.4 Å². The Kier molecular flexibility index (Phi) is 8.11. The first-order valence-corrected chi connectivity index (χ1v) is 11.3. The van der Waals surface area contributed by atoms with E-state index < -0.39 is 23.9 Å². The average molecular weight is 484 g/mol. The fourth-order valence-electron chi connectivity index (χ4n) is 3.47. The highest BCUT2D eigenvalue weighted by atomic mass is 16.5. The number of rotatable bonds is 9. The summed E-state index contributed by atoms with van der Waals surface area (Å²) in [5.41, 5.74) is 2.64. The fraction of sp³-hybridized carbons (Fsp3) is 0.107. The van der Waals surface area contributed by atoms with Crippen molar-refractivity contribution in [2.75, 3.05) is 10.6 Å². The van der Waals surface area contributed by atoms with Crippen LogP contribution in [0.5, 0.6) is 0 Å². The number of anilines is 2. The van der Waals surface area contributed by atoms with Gasteiger partial charge in [0.15, 0.2) is 5.76 Å². The van der Waals surface area contributed by atoms with Gasteiger partial charge in [0.25, 0.3) is 5.91 Å². The van der Waals surface area contributed by atoms with Gasteiger partial charge in [0, 0.05) is 17.8 Å². The number of nitrogens with one attached hydrogen (secondary N) is 3. The minimum atomic E-state index is -0.892. The van der Waals surface area contributed by atoms with Crippen molar-refractivity contribution in [1.29, 1.82) is 0 Å². The molecule has 0 aliphatic heterocycles. The second-order valence-corrected chi connectivity index (χ2v) is 7.95. The quantitative estimate of drug-likeness (QED) is 0.310. The van der Waals surface area contributed by atoms with Crippen LogP contribution in [0.15, 0.2) is 108 Å². The highest BCUT2D eigenvalue weighted by Gasteiger charge is 2.22. The molecule has 0 bridgehead atoms. The lowest BCUT2D eigenvalue weighted by molar-refractivity contribution is -0.118. The molecule has 3 N–H and O–H groups in total. The number of benzene rings is 3. The van der Waals surface area contributed by atoms with E-state index in [0.717, 1.165) is 11.1 Å². The summed E-state index contributed by atoms with van der Waals surface area (Å²) >= 11 is 0. The molecule has 0 fully saturated rings. The zero-order chi connectivity index (χ0) is 25.2. The molecule has 1 heterocycles. The summed E-state index contributed by atoms with van der Waals surface area (Å²) in [4.78, 5) is 37.9. The zero-order valence-corrected chi connectivity index (χ0v) is 19.3. The third-order valence-corrected chi connectivity index (χ3v) is 5.24. The minimum absolute atomic E-state index is 0.0871. The summed E-state index contributed by atoms with van der Waals surface area (Å²) in [6.07, 6.45) is 0.979. The third kappa shape index (κ3) is 7.07. The van der Waals surface area contributed by atoms with Gasteiger partial charge in [-0.15, -0.1) is 0 Å². The number of hydrogen-bond acceptors (Lipinski definition) is 5. The highest BCUT2D eigenvalue weighted by molar-refractivity contribution is 6.03. The number of ether oxygens (including phenoxy) is 1. The molecular weight excluding hydrogens is 458 g/mol. The first-order valence-electron chi connectivity index (χ1n) is 11.3. The molecule has 0 saturated carbocycles. The summed E-state index contributed by atoms with van der Waals surface area (Å²) in [5.74, 6) is -0.663. The van der Waals surface area contributed by atoms with E-state index in [1.807, 2.05) is 60.7 Å². The van der Waals surface area contributed by atoms with Gasteiger partial charge in [-0.1, -0.05) is 66.7 Å². The molecule has 0 spiro atoms. The number of carbonyl (C=O) groups excluding carboxylic acids is 3. The maximum Gasteiger partial charge on any atom is 0.408 e. The van der Waals surface area contributed by atoms with Crippen LogP contribution in [-0.4, -0.2) is 23.9 Å². The maximum atomic E-state index is 13.2. The number of hydrogen-bond donors (Lipinski definition) is 3. The molecular formula is C28H25N3O5. The minimum Gasteiger partial charge on any atom is -0.459 e. The molecule has 1 aromatic heterocycles. The van der Waals surface area contributed by atoms with Crippen LogP contribution in [0.1, 0.15) is 21.7 Å². The molecule has 1 atom stereocenters. The predicted octanol–water partition coefficient (Wildman–Crippen LogP) is 5.01. The summed E-state index contributed by atoms with van der Waals surface area (Å²) in [5, 5.41) is 8.19. The van der Waals surface area contributed by atoms with E-state index in [0.29, 0.717) is 11.4 Å². The van der Waals surface area contributed by atoms with E-state index >= 15 is 0 Å². The van der Waals surface area contributed by atoms with Gasteiger partial charge in [0.1, 0.15) is 12.6 Å². The fourth-order valence-corrected chi connectivity index (χ4v) is 3.47. The second kappa shape index (κ2) is 12.0. The monoisotopic (exact) mass is 483 g/mol. The summed E-state index contributed by atoms with van der Waals surface area (Å²) in [7, 11) is 0. The van der Waals surface area contributed by atoms with Crippen molar-refractivity contribution in [1.82, 2.24) is 5.32 Å². The summed E-state index contributed by atoms with van der Waals surface area (Å²) < 4.78 is 10.4.